The number of aliphatic hydroxyl groups is 1. The molecule has 0 saturated carbocycles. The number of unbranched alkanes of at least 4 members (excludes halogenated alkanes) is 3. The van der Waals surface area contributed by atoms with E-state index in [4.69, 9.17) is 10.4 Å². The van der Waals surface area contributed by atoms with Crippen molar-refractivity contribution in [3.63, 3.8) is 0 Å². The topological polar surface area (TPSA) is 56.0 Å². The van der Waals surface area contributed by atoms with E-state index in [0.29, 0.717) is 6.54 Å². The fraction of sp³-hybridized carbons (Fsp3) is 0.533. The summed E-state index contributed by atoms with van der Waals surface area (Å²) in [6.07, 6.45) is 4.21. The van der Waals surface area contributed by atoms with Gasteiger partial charge in [-0.15, -0.1) is 0 Å². The lowest BCUT2D eigenvalue weighted by molar-refractivity contribution is 0.282. The minimum Gasteiger partial charge on any atom is -0.396 e. The molecule has 0 fully saturated rings. The molecule has 1 unspecified atom stereocenters. The van der Waals surface area contributed by atoms with Crippen LogP contribution in [0.4, 0.5) is 0 Å². The molecule has 1 rings (SSSR count). The molecule has 1 aromatic carbocycles. The van der Waals surface area contributed by atoms with Gasteiger partial charge in [-0.05, 0) is 24.9 Å². The second kappa shape index (κ2) is 9.64. The Morgan fingerprint density at radius 2 is 1.83 bits per heavy atom. The van der Waals surface area contributed by atoms with Gasteiger partial charge >= 0.3 is 0 Å². The van der Waals surface area contributed by atoms with E-state index in [2.05, 4.69) is 11.4 Å². The minimum atomic E-state index is -0.0661. The van der Waals surface area contributed by atoms with Crippen molar-refractivity contribution in [2.45, 2.75) is 31.6 Å². The second-order valence-corrected chi connectivity index (χ2v) is 4.43. The van der Waals surface area contributed by atoms with Crippen LogP contribution < -0.4 is 5.32 Å². The first kappa shape index (κ1) is 14.7. The van der Waals surface area contributed by atoms with Crippen molar-refractivity contribution < 1.29 is 5.11 Å². The van der Waals surface area contributed by atoms with Crippen molar-refractivity contribution in [3.8, 4) is 6.07 Å². The molecule has 1 atom stereocenters. The van der Waals surface area contributed by atoms with Gasteiger partial charge in [0.25, 0.3) is 0 Å². The molecule has 0 aliphatic carbocycles. The van der Waals surface area contributed by atoms with Crippen molar-refractivity contribution in [3.05, 3.63) is 35.9 Å². The van der Waals surface area contributed by atoms with Crippen LogP contribution in [0.1, 0.15) is 37.2 Å². The summed E-state index contributed by atoms with van der Waals surface area (Å²) in [6.45, 7) is 1.94. The smallest absolute Gasteiger partial charge is 0.0837 e. The van der Waals surface area contributed by atoms with Gasteiger partial charge < -0.3 is 10.4 Å². The van der Waals surface area contributed by atoms with Crippen LogP contribution in [0.2, 0.25) is 0 Å². The summed E-state index contributed by atoms with van der Waals surface area (Å²) < 4.78 is 0. The molecule has 0 spiro atoms. The summed E-state index contributed by atoms with van der Waals surface area (Å²) in [7, 11) is 0. The minimum absolute atomic E-state index is 0.0661. The van der Waals surface area contributed by atoms with E-state index in [9.17, 15) is 0 Å². The van der Waals surface area contributed by atoms with Crippen LogP contribution in [0.5, 0.6) is 0 Å². The van der Waals surface area contributed by atoms with Gasteiger partial charge in [-0.25, -0.2) is 0 Å². The highest BCUT2D eigenvalue weighted by molar-refractivity contribution is 5.24. The van der Waals surface area contributed by atoms with Crippen LogP contribution in [0, 0.1) is 11.3 Å². The summed E-state index contributed by atoms with van der Waals surface area (Å²) in [5.41, 5.74) is 1.08. The van der Waals surface area contributed by atoms with Crippen molar-refractivity contribution in [2.75, 3.05) is 19.7 Å². The normalized spacial score (nSPS) is 12.0. The van der Waals surface area contributed by atoms with Crippen LogP contribution in [0.3, 0.4) is 0 Å². The summed E-state index contributed by atoms with van der Waals surface area (Å²) in [4.78, 5) is 0. The third kappa shape index (κ3) is 5.81. The SMILES string of the molecule is N#CC(CNCCCCCCO)c1ccccc1. The van der Waals surface area contributed by atoms with Gasteiger partial charge in [0.05, 0.1) is 12.0 Å². The number of nitriles is 1. The maximum Gasteiger partial charge on any atom is 0.0837 e. The number of nitrogens with one attached hydrogen (secondary N) is 1. The number of rotatable bonds is 9. The van der Waals surface area contributed by atoms with E-state index >= 15 is 0 Å². The Morgan fingerprint density at radius 3 is 2.50 bits per heavy atom. The lowest BCUT2D eigenvalue weighted by atomic mass is 10.0. The van der Waals surface area contributed by atoms with E-state index in [1.54, 1.807) is 0 Å². The molecule has 98 valence electrons. The predicted molar refractivity (Wildman–Crippen MR) is 73.2 cm³/mol. The van der Waals surface area contributed by atoms with Crippen LogP contribution in [-0.4, -0.2) is 24.8 Å². The summed E-state index contributed by atoms with van der Waals surface area (Å²) in [6, 6.07) is 12.2. The van der Waals surface area contributed by atoms with Gasteiger partial charge in [-0.1, -0.05) is 43.2 Å². The molecule has 0 aliphatic heterocycles. The number of nitrogens with zero attached hydrogens (tertiary/aromatic N) is 1. The van der Waals surface area contributed by atoms with Crippen molar-refractivity contribution in [1.82, 2.24) is 5.32 Å². The molecule has 3 nitrogen and oxygen atoms in total. The first-order chi connectivity index (χ1) is 8.88. The molecular weight excluding hydrogens is 224 g/mol. The standard InChI is InChI=1S/C15H22N2O/c16-12-15(14-8-4-3-5-9-14)13-17-10-6-1-2-7-11-18/h3-5,8-9,15,17-18H,1-2,6-7,10-11,13H2. The second-order valence-electron chi connectivity index (χ2n) is 4.43. The fourth-order valence-corrected chi connectivity index (χ4v) is 1.89. The highest BCUT2D eigenvalue weighted by atomic mass is 16.2. The molecule has 0 amide bonds. The average molecular weight is 246 g/mol. The highest BCUT2D eigenvalue weighted by Crippen LogP contribution is 2.13. The Morgan fingerprint density at radius 1 is 1.11 bits per heavy atom. The van der Waals surface area contributed by atoms with E-state index in [0.717, 1.165) is 37.8 Å². The molecule has 2 N–H and O–H groups in total. The first-order valence-corrected chi connectivity index (χ1v) is 6.64. The lowest BCUT2D eigenvalue weighted by Gasteiger charge is -2.10. The molecule has 1 aromatic rings. The van der Waals surface area contributed by atoms with E-state index < -0.39 is 0 Å². The van der Waals surface area contributed by atoms with E-state index in [1.165, 1.54) is 0 Å². The summed E-state index contributed by atoms with van der Waals surface area (Å²) in [5, 5.41) is 21.1. The average Bonchev–Trinajstić information content (AvgIpc) is 2.43. The molecule has 0 aliphatic rings. The Kier molecular flexibility index (Phi) is 7.87. The lowest BCUT2D eigenvalue weighted by Crippen LogP contribution is -2.22. The molecular formula is C15H22N2O. The number of hydrogen-bond acceptors (Lipinski definition) is 3. The Hall–Kier alpha value is -1.37. The van der Waals surface area contributed by atoms with Crippen LogP contribution in [0.15, 0.2) is 30.3 Å². The zero-order valence-electron chi connectivity index (χ0n) is 10.8. The zero-order chi connectivity index (χ0) is 13.1. The maximum atomic E-state index is 9.13. The Labute approximate surface area is 109 Å². The van der Waals surface area contributed by atoms with Gasteiger partial charge in [-0.3, -0.25) is 0 Å². The van der Waals surface area contributed by atoms with E-state index in [-0.39, 0.29) is 12.5 Å². The van der Waals surface area contributed by atoms with E-state index in [1.807, 2.05) is 30.3 Å². The predicted octanol–water partition coefficient (Wildman–Crippen LogP) is 2.44. The van der Waals surface area contributed by atoms with Crippen LogP contribution >= 0.6 is 0 Å². The first-order valence-electron chi connectivity index (χ1n) is 6.64. The quantitative estimate of drug-likeness (QED) is 0.658. The Balaban J connectivity index is 2.16. The number of benzene rings is 1. The number of hydrogen-bond donors (Lipinski definition) is 2. The molecule has 0 saturated heterocycles. The van der Waals surface area contributed by atoms with Gasteiger partial charge in [-0.2, -0.15) is 5.26 Å². The van der Waals surface area contributed by atoms with Gasteiger partial charge in [0, 0.05) is 13.2 Å². The molecule has 0 heterocycles. The Bertz CT molecular complexity index is 345. The molecule has 0 bridgehead atoms. The summed E-state index contributed by atoms with van der Waals surface area (Å²) >= 11 is 0. The largest absolute Gasteiger partial charge is 0.396 e. The molecule has 0 radical (unpaired) electrons. The van der Waals surface area contributed by atoms with Gasteiger partial charge in [0.15, 0.2) is 0 Å². The molecule has 0 aromatic heterocycles. The zero-order valence-corrected chi connectivity index (χ0v) is 10.8. The van der Waals surface area contributed by atoms with Gasteiger partial charge in [0.2, 0.25) is 0 Å². The third-order valence-electron chi connectivity index (χ3n) is 2.97. The number of aliphatic hydroxyl groups excluding tert-OH is 1. The van der Waals surface area contributed by atoms with Crippen molar-refractivity contribution in [2.24, 2.45) is 0 Å². The van der Waals surface area contributed by atoms with Crippen LogP contribution in [-0.2, 0) is 0 Å². The molecule has 3 heteroatoms. The highest BCUT2D eigenvalue weighted by Gasteiger charge is 2.08. The molecule has 18 heavy (non-hydrogen) atoms. The van der Waals surface area contributed by atoms with Crippen molar-refractivity contribution in [1.29, 1.82) is 5.26 Å². The fourth-order valence-electron chi connectivity index (χ4n) is 1.89. The van der Waals surface area contributed by atoms with Gasteiger partial charge in [0.1, 0.15) is 0 Å². The van der Waals surface area contributed by atoms with Crippen molar-refractivity contribution >= 4 is 0 Å². The van der Waals surface area contributed by atoms with Crippen LogP contribution in [0.25, 0.3) is 0 Å². The third-order valence-corrected chi connectivity index (χ3v) is 2.97. The monoisotopic (exact) mass is 246 g/mol. The maximum absolute atomic E-state index is 9.13. The summed E-state index contributed by atoms with van der Waals surface area (Å²) in [5.74, 6) is -0.0661.